The van der Waals surface area contributed by atoms with Crippen LogP contribution in [-0.4, -0.2) is 32.8 Å². The average molecular weight is 461 g/mol. The topological polar surface area (TPSA) is 108 Å². The standard InChI is InChI=1S/C19H17ClN6O2S2/c1-28-12-6-7-14-15(8-12)30-18(22-14)23-16(27)9-26-17(21)24-25-19(26)29-10-11-4-2-3-5-13(11)20/h2-8H,9-10H2,1H3,(H2,21,24)(H,22,23,27). The number of carbonyl (C=O) groups is 1. The number of anilines is 2. The number of methoxy groups -OCH3 is 1. The van der Waals surface area contributed by atoms with Crippen LogP contribution in [0.25, 0.3) is 10.2 Å². The molecule has 3 N–H and O–H groups in total. The molecule has 30 heavy (non-hydrogen) atoms. The molecule has 4 rings (SSSR count). The number of nitrogens with two attached hydrogens (primary N) is 1. The van der Waals surface area contributed by atoms with Crippen molar-refractivity contribution in [3.63, 3.8) is 0 Å². The van der Waals surface area contributed by atoms with E-state index in [0.29, 0.717) is 21.1 Å². The molecule has 0 saturated heterocycles. The SMILES string of the molecule is COc1ccc2nc(NC(=O)Cn3c(N)nnc3SCc3ccccc3Cl)sc2c1. The molecule has 0 fully saturated rings. The first kappa shape index (κ1) is 20.5. The molecular weight excluding hydrogens is 444 g/mol. The Morgan fingerprint density at radius 1 is 1.30 bits per heavy atom. The highest BCUT2D eigenvalue weighted by molar-refractivity contribution is 7.98. The summed E-state index contributed by atoms with van der Waals surface area (Å²) in [5, 5.41) is 12.5. The van der Waals surface area contributed by atoms with Gasteiger partial charge in [0.2, 0.25) is 11.9 Å². The summed E-state index contributed by atoms with van der Waals surface area (Å²) < 4.78 is 7.70. The lowest BCUT2D eigenvalue weighted by Crippen LogP contribution is -2.20. The zero-order valence-corrected chi connectivity index (χ0v) is 18.2. The quantitative estimate of drug-likeness (QED) is 0.400. The van der Waals surface area contributed by atoms with Gasteiger partial charge >= 0.3 is 0 Å². The number of hydrogen-bond donors (Lipinski definition) is 2. The van der Waals surface area contributed by atoms with Crippen molar-refractivity contribution >= 4 is 61.9 Å². The number of carbonyl (C=O) groups excluding carboxylic acids is 1. The minimum atomic E-state index is -0.271. The number of nitrogens with one attached hydrogen (secondary N) is 1. The lowest BCUT2D eigenvalue weighted by Gasteiger charge is -2.08. The maximum atomic E-state index is 12.6. The largest absolute Gasteiger partial charge is 0.497 e. The van der Waals surface area contributed by atoms with E-state index < -0.39 is 0 Å². The van der Waals surface area contributed by atoms with Gasteiger partial charge in [-0.15, -0.1) is 10.2 Å². The van der Waals surface area contributed by atoms with E-state index in [1.165, 1.54) is 23.1 Å². The Morgan fingerprint density at radius 3 is 2.93 bits per heavy atom. The van der Waals surface area contributed by atoms with Gasteiger partial charge in [-0.1, -0.05) is 52.9 Å². The van der Waals surface area contributed by atoms with Crippen LogP contribution in [0.5, 0.6) is 5.75 Å². The maximum absolute atomic E-state index is 12.6. The molecule has 1 amide bonds. The van der Waals surface area contributed by atoms with Crippen LogP contribution in [0.1, 0.15) is 5.56 Å². The van der Waals surface area contributed by atoms with Crippen molar-refractivity contribution in [2.75, 3.05) is 18.2 Å². The summed E-state index contributed by atoms with van der Waals surface area (Å²) in [4.78, 5) is 17.0. The number of fused-ring (bicyclic) bond motifs is 1. The van der Waals surface area contributed by atoms with Crippen LogP contribution in [-0.2, 0) is 17.1 Å². The zero-order valence-electron chi connectivity index (χ0n) is 15.8. The monoisotopic (exact) mass is 460 g/mol. The fourth-order valence-corrected chi connectivity index (χ4v) is 4.84. The van der Waals surface area contributed by atoms with Crippen LogP contribution >= 0.6 is 34.7 Å². The number of halogens is 1. The summed E-state index contributed by atoms with van der Waals surface area (Å²) in [5.41, 5.74) is 7.67. The average Bonchev–Trinajstić information content (AvgIpc) is 3.29. The van der Waals surface area contributed by atoms with E-state index in [4.69, 9.17) is 22.1 Å². The molecule has 4 aromatic rings. The van der Waals surface area contributed by atoms with Crippen LogP contribution in [0, 0.1) is 0 Å². The first-order valence-electron chi connectivity index (χ1n) is 8.83. The van der Waals surface area contributed by atoms with Crippen molar-refractivity contribution in [1.29, 1.82) is 0 Å². The minimum absolute atomic E-state index is 0.0249. The van der Waals surface area contributed by atoms with Gasteiger partial charge in [-0.3, -0.25) is 9.36 Å². The van der Waals surface area contributed by atoms with Crippen molar-refractivity contribution in [3.05, 3.63) is 53.1 Å². The van der Waals surface area contributed by atoms with Crippen molar-refractivity contribution < 1.29 is 9.53 Å². The molecule has 0 saturated carbocycles. The number of thioether (sulfide) groups is 1. The molecule has 0 unspecified atom stereocenters. The lowest BCUT2D eigenvalue weighted by atomic mass is 10.2. The Hall–Kier alpha value is -2.82. The fraction of sp³-hybridized carbons (Fsp3) is 0.158. The Morgan fingerprint density at radius 2 is 2.13 bits per heavy atom. The summed E-state index contributed by atoms with van der Waals surface area (Å²) in [7, 11) is 1.61. The number of nitrogens with zero attached hydrogens (tertiary/aromatic N) is 4. The summed E-state index contributed by atoms with van der Waals surface area (Å²) in [6.45, 7) is -0.0249. The van der Waals surface area contributed by atoms with Crippen molar-refractivity contribution in [2.45, 2.75) is 17.5 Å². The smallest absolute Gasteiger partial charge is 0.246 e. The number of rotatable bonds is 7. The van der Waals surface area contributed by atoms with Crippen LogP contribution in [0.3, 0.4) is 0 Å². The van der Waals surface area contributed by atoms with E-state index in [1.807, 2.05) is 42.5 Å². The van der Waals surface area contributed by atoms with Gasteiger partial charge in [-0.05, 0) is 29.8 Å². The second-order valence-corrected chi connectivity index (χ2v) is 8.59. The first-order chi connectivity index (χ1) is 14.5. The predicted molar refractivity (Wildman–Crippen MR) is 120 cm³/mol. The zero-order chi connectivity index (χ0) is 21.1. The highest BCUT2D eigenvalue weighted by atomic mass is 35.5. The van der Waals surface area contributed by atoms with E-state index in [0.717, 1.165) is 21.5 Å². The molecular formula is C19H17ClN6O2S2. The van der Waals surface area contributed by atoms with Crippen molar-refractivity contribution in [3.8, 4) is 5.75 Å². The fourth-order valence-electron chi connectivity index (χ4n) is 2.70. The van der Waals surface area contributed by atoms with Gasteiger partial charge in [0.25, 0.3) is 0 Å². The highest BCUT2D eigenvalue weighted by Gasteiger charge is 2.16. The van der Waals surface area contributed by atoms with Gasteiger partial charge in [-0.2, -0.15) is 0 Å². The number of hydrogen-bond acceptors (Lipinski definition) is 8. The van der Waals surface area contributed by atoms with Gasteiger partial charge in [-0.25, -0.2) is 4.98 Å². The van der Waals surface area contributed by atoms with Gasteiger partial charge in [0.1, 0.15) is 12.3 Å². The maximum Gasteiger partial charge on any atom is 0.246 e. The number of nitrogen functional groups attached to an aromatic ring is 1. The number of aromatic nitrogens is 4. The number of ether oxygens (including phenoxy) is 1. The summed E-state index contributed by atoms with van der Waals surface area (Å²) in [6.07, 6.45) is 0. The number of thiazole rings is 1. The molecule has 8 nitrogen and oxygen atoms in total. The Bertz CT molecular complexity index is 1210. The molecule has 2 aromatic heterocycles. The Labute approximate surface area is 185 Å². The van der Waals surface area contributed by atoms with Gasteiger partial charge in [0.05, 0.1) is 17.3 Å². The van der Waals surface area contributed by atoms with Crippen molar-refractivity contribution in [2.24, 2.45) is 0 Å². The molecule has 0 radical (unpaired) electrons. The van der Waals surface area contributed by atoms with E-state index in [9.17, 15) is 4.79 Å². The van der Waals surface area contributed by atoms with Crippen LogP contribution < -0.4 is 15.8 Å². The lowest BCUT2D eigenvalue weighted by molar-refractivity contribution is -0.116. The van der Waals surface area contributed by atoms with E-state index in [-0.39, 0.29) is 18.4 Å². The highest BCUT2D eigenvalue weighted by Crippen LogP contribution is 2.30. The van der Waals surface area contributed by atoms with Crippen molar-refractivity contribution in [1.82, 2.24) is 19.7 Å². The van der Waals surface area contributed by atoms with Crippen LogP contribution in [0.2, 0.25) is 5.02 Å². The molecule has 11 heteroatoms. The van der Waals surface area contributed by atoms with Gasteiger partial charge in [0.15, 0.2) is 10.3 Å². The molecule has 0 spiro atoms. The predicted octanol–water partition coefficient (Wildman–Crippen LogP) is 4.06. The van der Waals surface area contributed by atoms with E-state index >= 15 is 0 Å². The molecule has 0 aliphatic heterocycles. The molecule has 2 aromatic carbocycles. The number of benzene rings is 2. The first-order valence-corrected chi connectivity index (χ1v) is 11.0. The molecule has 0 atom stereocenters. The van der Waals surface area contributed by atoms with Gasteiger partial charge < -0.3 is 15.8 Å². The van der Waals surface area contributed by atoms with Crippen LogP contribution in [0.4, 0.5) is 11.1 Å². The molecule has 2 heterocycles. The normalized spacial score (nSPS) is 11.0. The second kappa shape index (κ2) is 8.90. The molecule has 0 aliphatic carbocycles. The second-order valence-electron chi connectivity index (χ2n) is 6.21. The van der Waals surface area contributed by atoms with Gasteiger partial charge in [0, 0.05) is 10.8 Å². The minimum Gasteiger partial charge on any atom is -0.497 e. The summed E-state index contributed by atoms with van der Waals surface area (Å²) in [6, 6.07) is 13.1. The molecule has 0 aliphatic rings. The third kappa shape index (κ3) is 4.50. The van der Waals surface area contributed by atoms with E-state index in [2.05, 4.69) is 20.5 Å². The third-order valence-corrected chi connectivity index (χ3v) is 6.52. The van der Waals surface area contributed by atoms with Crippen LogP contribution in [0.15, 0.2) is 47.6 Å². The number of amides is 1. The Balaban J connectivity index is 1.44. The third-order valence-electron chi connectivity index (χ3n) is 4.20. The Kier molecular flexibility index (Phi) is 6.07. The summed E-state index contributed by atoms with van der Waals surface area (Å²) >= 11 is 8.98. The van der Waals surface area contributed by atoms with E-state index in [1.54, 1.807) is 11.7 Å². The molecule has 0 bridgehead atoms. The molecule has 154 valence electrons. The summed E-state index contributed by atoms with van der Waals surface area (Å²) in [5.74, 6) is 1.22.